The van der Waals surface area contributed by atoms with Crippen molar-refractivity contribution in [2.45, 2.75) is 25.3 Å². The molecular weight excluding hydrogens is 178 g/mol. The van der Waals surface area contributed by atoms with Crippen molar-refractivity contribution in [1.29, 1.82) is 0 Å². The molecule has 0 saturated carbocycles. The van der Waals surface area contributed by atoms with Crippen LogP contribution in [-0.2, 0) is 9.53 Å². The van der Waals surface area contributed by atoms with Gasteiger partial charge in [0, 0.05) is 19.0 Å². The van der Waals surface area contributed by atoms with E-state index in [4.69, 9.17) is 4.74 Å². The quantitative estimate of drug-likeness (QED) is 0.424. The largest absolute Gasteiger partial charge is 0.465 e. The van der Waals surface area contributed by atoms with Crippen molar-refractivity contribution >= 4 is 5.97 Å². The highest BCUT2D eigenvalue weighted by Gasteiger charge is 2.59. The first-order valence-electron chi connectivity index (χ1n) is 5.35. The molecule has 0 aromatic carbocycles. The van der Waals surface area contributed by atoms with Crippen LogP contribution in [0.4, 0.5) is 0 Å². The molecule has 0 bridgehead atoms. The maximum Gasteiger partial charge on any atom is 0.318 e. The summed E-state index contributed by atoms with van der Waals surface area (Å²) in [5.74, 6) is -0.0168. The molecular formula is C11H15NO2. The summed E-state index contributed by atoms with van der Waals surface area (Å²) in [6.45, 7) is 6.69. The first-order valence-corrected chi connectivity index (χ1v) is 5.35. The van der Waals surface area contributed by atoms with Crippen molar-refractivity contribution in [3.8, 4) is 0 Å². The Labute approximate surface area is 83.7 Å². The number of ether oxygens (including phenoxy) is 1. The van der Waals surface area contributed by atoms with Crippen LogP contribution in [0.5, 0.6) is 0 Å². The van der Waals surface area contributed by atoms with Crippen molar-refractivity contribution in [3.63, 3.8) is 0 Å². The van der Waals surface area contributed by atoms with Gasteiger partial charge in [-0.15, -0.1) is 0 Å². The molecule has 3 heterocycles. The van der Waals surface area contributed by atoms with Crippen molar-refractivity contribution in [1.82, 2.24) is 4.90 Å². The highest BCUT2D eigenvalue weighted by molar-refractivity contribution is 5.84. The Bertz CT molecular complexity index is 312. The predicted octanol–water partition coefficient (Wildman–Crippen LogP) is 0.954. The van der Waals surface area contributed by atoms with Crippen molar-refractivity contribution in [3.05, 3.63) is 12.2 Å². The van der Waals surface area contributed by atoms with Gasteiger partial charge in [-0.05, 0) is 25.0 Å². The molecule has 0 aromatic rings. The lowest BCUT2D eigenvalue weighted by atomic mass is 9.75. The highest BCUT2D eigenvalue weighted by atomic mass is 16.5. The molecule has 3 saturated heterocycles. The molecule has 76 valence electrons. The van der Waals surface area contributed by atoms with E-state index < -0.39 is 0 Å². The van der Waals surface area contributed by atoms with E-state index in [-0.39, 0.29) is 11.4 Å². The SMILES string of the molecule is C=C1CN2CCC[C@H]2[C@]12CCOC2=O. The molecule has 14 heavy (non-hydrogen) atoms. The van der Waals surface area contributed by atoms with Crippen LogP contribution < -0.4 is 0 Å². The third-order valence-corrected chi connectivity index (χ3v) is 4.05. The molecule has 2 atom stereocenters. The fourth-order valence-corrected chi connectivity index (χ4v) is 3.35. The summed E-state index contributed by atoms with van der Waals surface area (Å²) in [5.41, 5.74) is 0.765. The highest BCUT2D eigenvalue weighted by Crippen LogP contribution is 2.50. The van der Waals surface area contributed by atoms with Crippen LogP contribution in [-0.4, -0.2) is 36.6 Å². The van der Waals surface area contributed by atoms with E-state index in [0.29, 0.717) is 12.6 Å². The summed E-state index contributed by atoms with van der Waals surface area (Å²) in [7, 11) is 0. The lowest BCUT2D eigenvalue weighted by molar-refractivity contribution is -0.145. The standard InChI is InChI=1S/C11H15NO2/c1-8-7-12-5-2-3-9(12)11(8)4-6-14-10(11)13/h9H,1-7H2/t9-,11-/m0/s1. The van der Waals surface area contributed by atoms with Gasteiger partial charge in [-0.2, -0.15) is 0 Å². The number of carbonyl (C=O) groups excluding carboxylic acids is 1. The van der Waals surface area contributed by atoms with Crippen molar-refractivity contribution in [2.24, 2.45) is 5.41 Å². The maximum atomic E-state index is 11.8. The van der Waals surface area contributed by atoms with E-state index in [9.17, 15) is 4.79 Å². The number of hydrogen-bond acceptors (Lipinski definition) is 3. The van der Waals surface area contributed by atoms with Gasteiger partial charge >= 0.3 is 5.97 Å². The van der Waals surface area contributed by atoms with Gasteiger partial charge in [0.25, 0.3) is 0 Å². The Balaban J connectivity index is 2.04. The molecule has 0 N–H and O–H groups in total. The van der Waals surface area contributed by atoms with Gasteiger partial charge in [0.05, 0.1) is 6.61 Å². The van der Waals surface area contributed by atoms with Crippen molar-refractivity contribution in [2.75, 3.05) is 19.7 Å². The molecule has 0 aliphatic carbocycles. The first kappa shape index (κ1) is 8.48. The van der Waals surface area contributed by atoms with Gasteiger partial charge < -0.3 is 4.74 Å². The Kier molecular flexibility index (Phi) is 1.57. The van der Waals surface area contributed by atoms with Crippen LogP contribution in [0.2, 0.25) is 0 Å². The predicted molar refractivity (Wildman–Crippen MR) is 51.7 cm³/mol. The second-order valence-electron chi connectivity index (χ2n) is 4.59. The monoisotopic (exact) mass is 193 g/mol. The molecule has 3 fully saturated rings. The molecule has 0 unspecified atom stereocenters. The zero-order chi connectivity index (χ0) is 9.76. The van der Waals surface area contributed by atoms with E-state index in [0.717, 1.165) is 31.5 Å². The molecule has 3 nitrogen and oxygen atoms in total. The van der Waals surface area contributed by atoms with Gasteiger partial charge in [-0.3, -0.25) is 9.69 Å². The van der Waals surface area contributed by atoms with Gasteiger partial charge in [0.15, 0.2) is 0 Å². The summed E-state index contributed by atoms with van der Waals surface area (Å²) >= 11 is 0. The smallest absolute Gasteiger partial charge is 0.318 e. The topological polar surface area (TPSA) is 29.5 Å². The number of esters is 1. The van der Waals surface area contributed by atoms with Crippen LogP contribution in [0.1, 0.15) is 19.3 Å². The zero-order valence-corrected chi connectivity index (χ0v) is 8.29. The summed E-state index contributed by atoms with van der Waals surface area (Å²) < 4.78 is 5.14. The van der Waals surface area contributed by atoms with Gasteiger partial charge in [-0.1, -0.05) is 6.58 Å². The average Bonchev–Trinajstić information content (AvgIpc) is 2.76. The molecule has 3 heteroatoms. The van der Waals surface area contributed by atoms with Crippen LogP contribution in [0.25, 0.3) is 0 Å². The van der Waals surface area contributed by atoms with Crippen LogP contribution in [0.3, 0.4) is 0 Å². The number of nitrogens with zero attached hydrogens (tertiary/aromatic N) is 1. The van der Waals surface area contributed by atoms with E-state index in [1.807, 2.05) is 0 Å². The first-order chi connectivity index (χ1) is 6.75. The summed E-state index contributed by atoms with van der Waals surface area (Å²) in [5, 5.41) is 0. The minimum atomic E-state index is -0.323. The molecule has 3 aliphatic rings. The number of hydrogen-bond donors (Lipinski definition) is 0. The Hall–Kier alpha value is -0.830. The molecule has 0 amide bonds. The summed E-state index contributed by atoms with van der Waals surface area (Å²) in [6, 6.07) is 0.394. The van der Waals surface area contributed by atoms with Crippen LogP contribution in [0.15, 0.2) is 12.2 Å². The third kappa shape index (κ3) is 0.793. The lowest BCUT2D eigenvalue weighted by Crippen LogP contribution is -2.39. The second kappa shape index (κ2) is 2.60. The molecule has 3 aliphatic heterocycles. The summed E-state index contributed by atoms with van der Waals surface area (Å²) in [4.78, 5) is 14.2. The Morgan fingerprint density at radius 3 is 3.14 bits per heavy atom. The number of rotatable bonds is 0. The van der Waals surface area contributed by atoms with E-state index >= 15 is 0 Å². The Morgan fingerprint density at radius 1 is 1.57 bits per heavy atom. The summed E-state index contributed by atoms with van der Waals surface area (Å²) in [6.07, 6.45) is 3.20. The van der Waals surface area contributed by atoms with Crippen LogP contribution in [0, 0.1) is 5.41 Å². The van der Waals surface area contributed by atoms with Gasteiger partial charge in [-0.25, -0.2) is 0 Å². The Morgan fingerprint density at radius 2 is 2.43 bits per heavy atom. The minimum absolute atomic E-state index is 0.0168. The average molecular weight is 193 g/mol. The number of cyclic esters (lactones) is 1. The molecule has 1 spiro atoms. The second-order valence-corrected chi connectivity index (χ2v) is 4.59. The fraction of sp³-hybridized carbons (Fsp3) is 0.727. The number of carbonyl (C=O) groups is 1. The minimum Gasteiger partial charge on any atom is -0.465 e. The zero-order valence-electron chi connectivity index (χ0n) is 8.29. The van der Waals surface area contributed by atoms with Gasteiger partial charge in [0.1, 0.15) is 5.41 Å². The van der Waals surface area contributed by atoms with Crippen molar-refractivity contribution < 1.29 is 9.53 Å². The molecule has 0 aromatic heterocycles. The van der Waals surface area contributed by atoms with E-state index in [1.54, 1.807) is 0 Å². The van der Waals surface area contributed by atoms with Crippen LogP contribution >= 0.6 is 0 Å². The number of fused-ring (bicyclic) bond motifs is 2. The molecule has 0 radical (unpaired) electrons. The fourth-order valence-electron chi connectivity index (χ4n) is 3.35. The molecule has 3 rings (SSSR count). The normalized spacial score (nSPS) is 42.1. The lowest BCUT2D eigenvalue weighted by Gasteiger charge is -2.26. The maximum absolute atomic E-state index is 11.8. The van der Waals surface area contributed by atoms with E-state index in [1.165, 1.54) is 6.42 Å². The van der Waals surface area contributed by atoms with Gasteiger partial charge in [0.2, 0.25) is 0 Å². The van der Waals surface area contributed by atoms with E-state index in [2.05, 4.69) is 11.5 Å². The third-order valence-electron chi connectivity index (χ3n) is 4.05.